The third kappa shape index (κ3) is 2.65. The van der Waals surface area contributed by atoms with E-state index in [0.29, 0.717) is 6.61 Å². The molecule has 0 radical (unpaired) electrons. The van der Waals surface area contributed by atoms with Gasteiger partial charge in [0.15, 0.2) is 5.82 Å². The van der Waals surface area contributed by atoms with Crippen LogP contribution in [0.25, 0.3) is 10.7 Å². The van der Waals surface area contributed by atoms with E-state index in [9.17, 15) is 0 Å². The topological polar surface area (TPSA) is 47.0 Å². The summed E-state index contributed by atoms with van der Waals surface area (Å²) < 4.78 is 6.20. The van der Waals surface area contributed by atoms with Crippen LogP contribution in [-0.2, 0) is 11.3 Å². The zero-order valence-electron chi connectivity index (χ0n) is 10.5. The fourth-order valence-electron chi connectivity index (χ4n) is 1.59. The maximum absolute atomic E-state index is 5.19. The minimum Gasteiger partial charge on any atom is -0.378 e. The number of nitrogens with one attached hydrogen (secondary N) is 1. The van der Waals surface area contributed by atoms with Gasteiger partial charge in [-0.25, -0.2) is 9.97 Å². The van der Waals surface area contributed by atoms with Crippen molar-refractivity contribution in [1.82, 2.24) is 9.97 Å². The van der Waals surface area contributed by atoms with E-state index in [1.807, 2.05) is 7.05 Å². The predicted octanol–water partition coefficient (Wildman–Crippen LogP) is 3.31. The molecular formula is C12H14IN3OS. The fourth-order valence-corrected chi connectivity index (χ4v) is 3.12. The van der Waals surface area contributed by atoms with Crippen LogP contribution in [0.3, 0.4) is 0 Å². The molecule has 0 fully saturated rings. The molecule has 2 heterocycles. The first-order valence-corrected chi connectivity index (χ1v) is 7.40. The highest BCUT2D eigenvalue weighted by molar-refractivity contribution is 14.1. The lowest BCUT2D eigenvalue weighted by atomic mass is 10.2. The number of hydrogen-bond acceptors (Lipinski definition) is 5. The van der Waals surface area contributed by atoms with Gasteiger partial charge in [-0.3, -0.25) is 0 Å². The van der Waals surface area contributed by atoms with Gasteiger partial charge in [0, 0.05) is 14.2 Å². The van der Waals surface area contributed by atoms with E-state index in [-0.39, 0.29) is 0 Å². The van der Waals surface area contributed by atoms with Crippen molar-refractivity contribution in [1.29, 1.82) is 0 Å². The highest BCUT2D eigenvalue weighted by atomic mass is 127. The number of halogens is 1. The summed E-state index contributed by atoms with van der Waals surface area (Å²) in [6, 6.07) is 2.08. The molecule has 0 aliphatic rings. The van der Waals surface area contributed by atoms with E-state index in [1.165, 1.54) is 5.56 Å². The molecule has 96 valence electrons. The molecule has 18 heavy (non-hydrogen) atoms. The van der Waals surface area contributed by atoms with Gasteiger partial charge in [-0.05, 0) is 46.5 Å². The maximum Gasteiger partial charge on any atom is 0.172 e. The van der Waals surface area contributed by atoms with Crippen LogP contribution < -0.4 is 5.32 Å². The van der Waals surface area contributed by atoms with Crippen molar-refractivity contribution < 1.29 is 4.74 Å². The molecule has 1 N–H and O–H groups in total. The summed E-state index contributed by atoms with van der Waals surface area (Å²) in [5, 5.41) is 5.16. The SMILES string of the molecule is CNc1nc(-c2sccc2C)nc(COC)c1I. The van der Waals surface area contributed by atoms with E-state index in [4.69, 9.17) is 4.74 Å². The monoisotopic (exact) mass is 375 g/mol. The van der Waals surface area contributed by atoms with Crippen LogP contribution in [-0.4, -0.2) is 24.1 Å². The molecule has 0 aliphatic carbocycles. The zero-order chi connectivity index (χ0) is 13.1. The smallest absolute Gasteiger partial charge is 0.172 e. The number of ether oxygens (including phenoxy) is 1. The lowest BCUT2D eigenvalue weighted by Gasteiger charge is -2.10. The second kappa shape index (κ2) is 5.94. The summed E-state index contributed by atoms with van der Waals surface area (Å²) in [6.45, 7) is 2.56. The van der Waals surface area contributed by atoms with Gasteiger partial charge in [-0.1, -0.05) is 0 Å². The fraction of sp³-hybridized carbons (Fsp3) is 0.333. The second-order valence-corrected chi connectivity index (χ2v) is 5.77. The summed E-state index contributed by atoms with van der Waals surface area (Å²) in [5.41, 5.74) is 2.12. The van der Waals surface area contributed by atoms with Crippen LogP contribution in [0.15, 0.2) is 11.4 Å². The number of aryl methyl sites for hydroxylation is 1. The molecule has 0 aliphatic heterocycles. The largest absolute Gasteiger partial charge is 0.378 e. The zero-order valence-corrected chi connectivity index (χ0v) is 13.4. The Morgan fingerprint density at radius 3 is 2.78 bits per heavy atom. The molecule has 0 amide bonds. The van der Waals surface area contributed by atoms with E-state index in [2.05, 4.69) is 56.2 Å². The molecule has 2 aromatic heterocycles. The molecule has 0 atom stereocenters. The lowest BCUT2D eigenvalue weighted by Crippen LogP contribution is -2.06. The first-order chi connectivity index (χ1) is 8.67. The Balaban J connectivity index is 2.55. The summed E-state index contributed by atoms with van der Waals surface area (Å²) in [5.74, 6) is 1.61. The summed E-state index contributed by atoms with van der Waals surface area (Å²) in [4.78, 5) is 10.3. The number of aromatic nitrogens is 2. The Hall–Kier alpha value is -0.730. The number of anilines is 1. The second-order valence-electron chi connectivity index (χ2n) is 3.77. The van der Waals surface area contributed by atoms with Gasteiger partial charge in [0.05, 0.1) is 20.7 Å². The minimum atomic E-state index is 0.493. The van der Waals surface area contributed by atoms with Crippen molar-refractivity contribution in [2.24, 2.45) is 0 Å². The standard InChI is InChI=1S/C12H14IN3OS/c1-7-4-5-18-10(7)12-15-8(6-17-3)9(13)11(14-2)16-12/h4-5H,6H2,1-3H3,(H,14,15,16). The molecule has 0 unspecified atom stereocenters. The first kappa shape index (κ1) is 13.7. The Bertz CT molecular complexity index is 556. The first-order valence-electron chi connectivity index (χ1n) is 5.45. The molecule has 2 aromatic rings. The summed E-state index contributed by atoms with van der Waals surface area (Å²) >= 11 is 3.90. The number of nitrogens with zero attached hydrogens (tertiary/aromatic N) is 2. The highest BCUT2D eigenvalue weighted by Gasteiger charge is 2.14. The molecule has 0 aromatic carbocycles. The summed E-state index contributed by atoms with van der Waals surface area (Å²) in [6.07, 6.45) is 0. The van der Waals surface area contributed by atoms with Crippen molar-refractivity contribution in [3.63, 3.8) is 0 Å². The third-order valence-electron chi connectivity index (χ3n) is 2.50. The van der Waals surface area contributed by atoms with Gasteiger partial charge < -0.3 is 10.1 Å². The Morgan fingerprint density at radius 1 is 1.44 bits per heavy atom. The van der Waals surface area contributed by atoms with Gasteiger partial charge in [0.1, 0.15) is 5.82 Å². The predicted molar refractivity (Wildman–Crippen MR) is 83.1 cm³/mol. The molecule has 0 spiro atoms. The van der Waals surface area contributed by atoms with Crippen molar-refractivity contribution in [2.75, 3.05) is 19.5 Å². The number of methoxy groups -OCH3 is 1. The molecule has 4 nitrogen and oxygen atoms in total. The number of thiophene rings is 1. The van der Waals surface area contributed by atoms with Crippen molar-refractivity contribution in [3.8, 4) is 10.7 Å². The number of rotatable bonds is 4. The summed E-state index contributed by atoms with van der Waals surface area (Å²) in [7, 11) is 3.54. The van der Waals surface area contributed by atoms with Crippen LogP contribution in [0.4, 0.5) is 5.82 Å². The highest BCUT2D eigenvalue weighted by Crippen LogP contribution is 2.29. The number of hydrogen-bond donors (Lipinski definition) is 1. The quantitative estimate of drug-likeness (QED) is 0.834. The van der Waals surface area contributed by atoms with Crippen LogP contribution in [0.5, 0.6) is 0 Å². The molecule has 0 bridgehead atoms. The molecular weight excluding hydrogens is 361 g/mol. The van der Waals surface area contributed by atoms with Crippen LogP contribution in [0.2, 0.25) is 0 Å². The van der Waals surface area contributed by atoms with E-state index in [0.717, 1.165) is 25.8 Å². The molecule has 6 heteroatoms. The Morgan fingerprint density at radius 2 is 2.22 bits per heavy atom. The van der Waals surface area contributed by atoms with Gasteiger partial charge in [-0.2, -0.15) is 0 Å². The normalized spacial score (nSPS) is 10.7. The van der Waals surface area contributed by atoms with Crippen molar-refractivity contribution in [3.05, 3.63) is 26.3 Å². The van der Waals surface area contributed by atoms with E-state index in [1.54, 1.807) is 18.4 Å². The third-order valence-corrected chi connectivity index (χ3v) is 4.65. The minimum absolute atomic E-state index is 0.493. The van der Waals surface area contributed by atoms with Gasteiger partial charge in [-0.15, -0.1) is 11.3 Å². The van der Waals surface area contributed by atoms with Gasteiger partial charge >= 0.3 is 0 Å². The van der Waals surface area contributed by atoms with Crippen molar-refractivity contribution in [2.45, 2.75) is 13.5 Å². The molecule has 0 saturated heterocycles. The Kier molecular flexibility index (Phi) is 4.52. The van der Waals surface area contributed by atoms with Crippen molar-refractivity contribution >= 4 is 39.7 Å². The average Bonchev–Trinajstić information content (AvgIpc) is 2.78. The Labute approximate surface area is 124 Å². The van der Waals surface area contributed by atoms with Crippen LogP contribution in [0, 0.1) is 10.5 Å². The maximum atomic E-state index is 5.19. The van der Waals surface area contributed by atoms with Gasteiger partial charge in [0.25, 0.3) is 0 Å². The lowest BCUT2D eigenvalue weighted by molar-refractivity contribution is 0.181. The van der Waals surface area contributed by atoms with Crippen LogP contribution >= 0.6 is 33.9 Å². The molecule has 0 saturated carbocycles. The average molecular weight is 375 g/mol. The molecule has 2 rings (SSSR count). The van der Waals surface area contributed by atoms with E-state index < -0.39 is 0 Å². The van der Waals surface area contributed by atoms with E-state index >= 15 is 0 Å². The van der Waals surface area contributed by atoms with Crippen LogP contribution in [0.1, 0.15) is 11.3 Å². The van der Waals surface area contributed by atoms with Gasteiger partial charge in [0.2, 0.25) is 0 Å².